The molecule has 7 nitrogen and oxygen atoms in total. The van der Waals surface area contributed by atoms with Crippen LogP contribution >= 0.6 is 0 Å². The van der Waals surface area contributed by atoms with Crippen molar-refractivity contribution in [1.82, 2.24) is 0 Å². The number of carbonyl (C=O) groups excluding carboxylic acids is 3. The van der Waals surface area contributed by atoms with Gasteiger partial charge in [-0.25, -0.2) is 0 Å². The summed E-state index contributed by atoms with van der Waals surface area (Å²) in [5.41, 5.74) is 0. The maximum absolute atomic E-state index is 11.1. The van der Waals surface area contributed by atoms with Gasteiger partial charge in [-0.05, 0) is 6.08 Å². The quantitative estimate of drug-likeness (QED) is 0.538. The van der Waals surface area contributed by atoms with Gasteiger partial charge in [-0.1, -0.05) is 0 Å². The van der Waals surface area contributed by atoms with Crippen LogP contribution in [0.1, 0.15) is 20.8 Å². The minimum atomic E-state index is -0.856. The van der Waals surface area contributed by atoms with Gasteiger partial charge >= 0.3 is 17.9 Å². The van der Waals surface area contributed by atoms with Gasteiger partial charge in [-0.15, -0.1) is 0 Å². The molecule has 0 bridgehead atoms. The number of carbonyl (C=O) groups is 3. The van der Waals surface area contributed by atoms with Crippen molar-refractivity contribution in [3.05, 3.63) is 12.3 Å². The molecule has 1 heterocycles. The molecule has 0 unspecified atom stereocenters. The van der Waals surface area contributed by atoms with E-state index in [2.05, 4.69) is 0 Å². The van der Waals surface area contributed by atoms with Crippen molar-refractivity contribution in [2.45, 2.75) is 39.1 Å². The van der Waals surface area contributed by atoms with E-state index in [0.29, 0.717) is 0 Å². The van der Waals surface area contributed by atoms with Crippen LogP contribution in [0.25, 0.3) is 0 Å². The Bertz CT molecular complexity index is 388. The fourth-order valence-electron chi connectivity index (χ4n) is 1.59. The standard InChI is InChI=1S/C12H16O7/c1-7(13)17-6-11-12(19-9(3)15)10(4-5-16-11)18-8(2)14/h4-5,10-12H,6H2,1-3H3/t10-,11+,12-/m1/s1. The van der Waals surface area contributed by atoms with Crippen molar-refractivity contribution < 1.29 is 33.3 Å². The summed E-state index contributed by atoms with van der Waals surface area (Å²) in [6.07, 6.45) is 0.435. The van der Waals surface area contributed by atoms with Gasteiger partial charge in [-0.3, -0.25) is 14.4 Å². The number of ether oxygens (including phenoxy) is 4. The first kappa shape index (κ1) is 15.0. The summed E-state index contributed by atoms with van der Waals surface area (Å²) in [5, 5.41) is 0. The largest absolute Gasteiger partial charge is 0.491 e. The van der Waals surface area contributed by atoms with E-state index in [1.165, 1.54) is 33.1 Å². The van der Waals surface area contributed by atoms with Gasteiger partial charge in [0.1, 0.15) is 6.61 Å². The first-order valence-electron chi connectivity index (χ1n) is 5.70. The SMILES string of the molecule is CC(=O)OC[C@@H]1OC=C[C@@H](OC(C)=O)[C@H]1OC(C)=O. The molecule has 0 spiro atoms. The molecular formula is C12H16O7. The van der Waals surface area contributed by atoms with Crippen molar-refractivity contribution in [1.29, 1.82) is 0 Å². The lowest BCUT2D eigenvalue weighted by atomic mass is 10.1. The molecule has 0 amide bonds. The summed E-state index contributed by atoms with van der Waals surface area (Å²) in [5.74, 6) is -1.54. The first-order chi connectivity index (χ1) is 8.90. The van der Waals surface area contributed by atoms with E-state index in [9.17, 15) is 14.4 Å². The Morgan fingerprint density at radius 1 is 1.05 bits per heavy atom. The fourth-order valence-corrected chi connectivity index (χ4v) is 1.59. The molecule has 0 radical (unpaired) electrons. The molecule has 0 aromatic carbocycles. The summed E-state index contributed by atoms with van der Waals surface area (Å²) < 4.78 is 20.1. The van der Waals surface area contributed by atoms with Gasteiger partial charge in [0.05, 0.1) is 6.26 Å². The predicted octanol–water partition coefficient (Wildman–Crippen LogP) is 0.325. The Labute approximate surface area is 110 Å². The molecule has 0 aliphatic carbocycles. The summed E-state index contributed by atoms with van der Waals surface area (Å²) in [7, 11) is 0. The van der Waals surface area contributed by atoms with Crippen molar-refractivity contribution in [2.24, 2.45) is 0 Å². The van der Waals surface area contributed by atoms with Crippen LogP contribution in [0.3, 0.4) is 0 Å². The molecule has 0 aromatic rings. The van der Waals surface area contributed by atoms with Crippen LogP contribution < -0.4 is 0 Å². The Kier molecular flexibility index (Phi) is 5.35. The third-order valence-corrected chi connectivity index (χ3v) is 2.27. The monoisotopic (exact) mass is 272 g/mol. The average Bonchev–Trinajstić information content (AvgIpc) is 2.28. The third-order valence-electron chi connectivity index (χ3n) is 2.27. The van der Waals surface area contributed by atoms with E-state index in [-0.39, 0.29) is 6.61 Å². The van der Waals surface area contributed by atoms with Crippen molar-refractivity contribution in [3.63, 3.8) is 0 Å². The Morgan fingerprint density at radius 3 is 2.21 bits per heavy atom. The number of hydrogen-bond donors (Lipinski definition) is 0. The maximum atomic E-state index is 11.1. The lowest BCUT2D eigenvalue weighted by Crippen LogP contribution is -2.47. The van der Waals surface area contributed by atoms with E-state index < -0.39 is 36.2 Å². The molecule has 3 atom stereocenters. The molecule has 1 aliphatic heterocycles. The molecule has 0 N–H and O–H groups in total. The highest BCUT2D eigenvalue weighted by molar-refractivity contribution is 5.68. The van der Waals surface area contributed by atoms with E-state index >= 15 is 0 Å². The van der Waals surface area contributed by atoms with Gasteiger partial charge in [0, 0.05) is 20.8 Å². The Hall–Kier alpha value is -2.05. The second-order valence-corrected chi connectivity index (χ2v) is 3.95. The number of hydrogen-bond acceptors (Lipinski definition) is 7. The number of rotatable bonds is 4. The van der Waals surface area contributed by atoms with Crippen LogP contribution in [0.15, 0.2) is 12.3 Å². The topological polar surface area (TPSA) is 88.1 Å². The van der Waals surface area contributed by atoms with Gasteiger partial charge < -0.3 is 18.9 Å². The normalized spacial score (nSPS) is 25.1. The summed E-state index contributed by atoms with van der Waals surface area (Å²) >= 11 is 0. The van der Waals surface area contributed by atoms with Gasteiger partial charge in [0.15, 0.2) is 18.3 Å². The van der Waals surface area contributed by atoms with Crippen LogP contribution in [0.2, 0.25) is 0 Å². The second kappa shape index (κ2) is 6.77. The summed E-state index contributed by atoms with van der Waals surface area (Å²) in [4.78, 5) is 32.9. The van der Waals surface area contributed by atoms with Crippen LogP contribution in [0.5, 0.6) is 0 Å². The first-order valence-corrected chi connectivity index (χ1v) is 5.70. The lowest BCUT2D eigenvalue weighted by Gasteiger charge is -2.32. The number of esters is 3. The van der Waals surface area contributed by atoms with Crippen molar-refractivity contribution in [2.75, 3.05) is 6.61 Å². The zero-order valence-electron chi connectivity index (χ0n) is 11.0. The maximum Gasteiger partial charge on any atom is 0.303 e. The predicted molar refractivity (Wildman–Crippen MR) is 61.8 cm³/mol. The van der Waals surface area contributed by atoms with Crippen LogP contribution in [-0.4, -0.2) is 42.8 Å². The molecule has 0 saturated heterocycles. The zero-order valence-corrected chi connectivity index (χ0v) is 11.0. The lowest BCUT2D eigenvalue weighted by molar-refractivity contribution is -0.178. The molecular weight excluding hydrogens is 256 g/mol. The van der Waals surface area contributed by atoms with Crippen LogP contribution in [0.4, 0.5) is 0 Å². The molecule has 7 heteroatoms. The van der Waals surface area contributed by atoms with E-state index in [1.54, 1.807) is 0 Å². The van der Waals surface area contributed by atoms with E-state index in [0.717, 1.165) is 0 Å². The third kappa shape index (κ3) is 4.99. The highest BCUT2D eigenvalue weighted by atomic mass is 16.6. The van der Waals surface area contributed by atoms with Crippen molar-refractivity contribution in [3.8, 4) is 0 Å². The molecule has 0 aromatic heterocycles. The van der Waals surface area contributed by atoms with Gasteiger partial charge in [-0.2, -0.15) is 0 Å². The average molecular weight is 272 g/mol. The zero-order chi connectivity index (χ0) is 14.4. The van der Waals surface area contributed by atoms with E-state index in [4.69, 9.17) is 18.9 Å². The Morgan fingerprint density at radius 2 is 1.68 bits per heavy atom. The Balaban J connectivity index is 2.77. The van der Waals surface area contributed by atoms with E-state index in [1.807, 2.05) is 0 Å². The molecule has 1 aliphatic rings. The highest BCUT2D eigenvalue weighted by Gasteiger charge is 2.37. The molecule has 0 fully saturated rings. The van der Waals surface area contributed by atoms with Crippen LogP contribution in [-0.2, 0) is 33.3 Å². The van der Waals surface area contributed by atoms with Gasteiger partial charge in [0.2, 0.25) is 0 Å². The highest BCUT2D eigenvalue weighted by Crippen LogP contribution is 2.19. The second-order valence-electron chi connectivity index (χ2n) is 3.95. The molecule has 106 valence electrons. The molecule has 0 saturated carbocycles. The molecule has 19 heavy (non-hydrogen) atoms. The fraction of sp³-hybridized carbons (Fsp3) is 0.583. The van der Waals surface area contributed by atoms with Crippen molar-refractivity contribution >= 4 is 17.9 Å². The van der Waals surface area contributed by atoms with Gasteiger partial charge in [0.25, 0.3) is 0 Å². The minimum absolute atomic E-state index is 0.102. The summed E-state index contributed by atoms with van der Waals surface area (Å²) in [6.45, 7) is 3.62. The summed E-state index contributed by atoms with van der Waals surface area (Å²) in [6, 6.07) is 0. The van der Waals surface area contributed by atoms with Crippen LogP contribution in [0, 0.1) is 0 Å². The molecule has 1 rings (SSSR count). The minimum Gasteiger partial charge on any atom is -0.491 e. The smallest absolute Gasteiger partial charge is 0.303 e.